The van der Waals surface area contributed by atoms with Gasteiger partial charge in [-0.1, -0.05) is 81.3 Å². The zero-order chi connectivity index (χ0) is 29.2. The van der Waals surface area contributed by atoms with E-state index < -0.39 is 23.8 Å². The van der Waals surface area contributed by atoms with E-state index in [2.05, 4.69) is 17.6 Å². The fourth-order valence-corrected chi connectivity index (χ4v) is 4.50. The van der Waals surface area contributed by atoms with Gasteiger partial charge in [0.15, 0.2) is 0 Å². The van der Waals surface area contributed by atoms with Crippen molar-refractivity contribution in [1.29, 1.82) is 0 Å². The number of nitrogens with one attached hydrogen (secondary N) is 2. The molecule has 2 unspecified atom stereocenters. The number of hydrogen-bond donors (Lipinski definition) is 2. The molecule has 2 aromatic carbocycles. The standard InChI is InChI=1S/C32H47N3O4/c1-9-10-18-35(30(37)27(19-22(2)3)34-31(38)39-32(6,7)8)28(26-17-16-23(4)20-24(26)5)29(36)33-21-25-14-12-11-13-15-25/h11-17,20,22,27-28H,9-10,18-19,21H2,1-8H3,(H,33,36)(H,34,38). The summed E-state index contributed by atoms with van der Waals surface area (Å²) >= 11 is 0. The number of benzene rings is 2. The Hall–Kier alpha value is -3.35. The highest BCUT2D eigenvalue weighted by Gasteiger charge is 2.36. The molecule has 214 valence electrons. The molecular formula is C32H47N3O4. The average Bonchev–Trinajstić information content (AvgIpc) is 2.84. The lowest BCUT2D eigenvalue weighted by atomic mass is 9.95. The van der Waals surface area contributed by atoms with E-state index in [0.717, 1.165) is 35.1 Å². The van der Waals surface area contributed by atoms with E-state index in [9.17, 15) is 14.4 Å². The van der Waals surface area contributed by atoms with Crippen LogP contribution in [0.5, 0.6) is 0 Å². The van der Waals surface area contributed by atoms with E-state index in [1.807, 2.05) is 76.2 Å². The number of carbonyl (C=O) groups excluding carboxylic acids is 3. The molecule has 0 bridgehead atoms. The third kappa shape index (κ3) is 10.4. The maximum absolute atomic E-state index is 14.2. The quantitative estimate of drug-likeness (QED) is 0.336. The lowest BCUT2D eigenvalue weighted by Crippen LogP contribution is -2.53. The Morgan fingerprint density at radius 3 is 2.23 bits per heavy atom. The Kier molecular flexibility index (Phi) is 12.0. The number of aryl methyl sites for hydroxylation is 2. The minimum absolute atomic E-state index is 0.133. The molecule has 0 aliphatic heterocycles. The van der Waals surface area contributed by atoms with Gasteiger partial charge < -0.3 is 20.3 Å². The zero-order valence-corrected chi connectivity index (χ0v) is 25.0. The molecule has 0 saturated carbocycles. The summed E-state index contributed by atoms with van der Waals surface area (Å²) in [5.74, 6) is -0.410. The molecule has 0 heterocycles. The molecule has 2 rings (SSSR count). The van der Waals surface area contributed by atoms with Gasteiger partial charge in [0.05, 0.1) is 0 Å². The number of alkyl carbamates (subject to hydrolysis) is 1. The molecule has 0 fully saturated rings. The van der Waals surface area contributed by atoms with Crippen molar-refractivity contribution in [2.24, 2.45) is 5.92 Å². The normalized spacial score (nSPS) is 12.9. The Morgan fingerprint density at radius 2 is 1.67 bits per heavy atom. The first-order chi connectivity index (χ1) is 18.3. The van der Waals surface area contributed by atoms with Crippen LogP contribution < -0.4 is 10.6 Å². The van der Waals surface area contributed by atoms with Gasteiger partial charge in [0, 0.05) is 13.1 Å². The summed E-state index contributed by atoms with van der Waals surface area (Å²) in [6.07, 6.45) is 1.35. The van der Waals surface area contributed by atoms with E-state index >= 15 is 0 Å². The van der Waals surface area contributed by atoms with Crippen LogP contribution in [0, 0.1) is 19.8 Å². The summed E-state index contributed by atoms with van der Waals surface area (Å²) < 4.78 is 5.47. The van der Waals surface area contributed by atoms with Crippen LogP contribution in [0.1, 0.15) is 89.1 Å². The molecule has 39 heavy (non-hydrogen) atoms. The number of rotatable bonds is 12. The lowest BCUT2D eigenvalue weighted by molar-refractivity contribution is -0.143. The number of unbranched alkanes of at least 4 members (excludes halogenated alkanes) is 1. The minimum Gasteiger partial charge on any atom is -0.444 e. The van der Waals surface area contributed by atoms with Gasteiger partial charge in [-0.2, -0.15) is 0 Å². The third-order valence-corrected chi connectivity index (χ3v) is 6.32. The summed E-state index contributed by atoms with van der Waals surface area (Å²) in [6, 6.07) is 14.0. The van der Waals surface area contributed by atoms with Gasteiger partial charge in [-0.3, -0.25) is 9.59 Å². The highest BCUT2D eigenvalue weighted by molar-refractivity contribution is 5.92. The van der Waals surface area contributed by atoms with Crippen LogP contribution in [0.3, 0.4) is 0 Å². The molecular weight excluding hydrogens is 490 g/mol. The van der Waals surface area contributed by atoms with Crippen LogP contribution in [0.2, 0.25) is 0 Å². The van der Waals surface area contributed by atoms with Gasteiger partial charge >= 0.3 is 6.09 Å². The van der Waals surface area contributed by atoms with Crippen LogP contribution in [0.15, 0.2) is 48.5 Å². The predicted octanol–water partition coefficient (Wildman–Crippen LogP) is 6.23. The van der Waals surface area contributed by atoms with Crippen molar-refractivity contribution in [3.8, 4) is 0 Å². The highest BCUT2D eigenvalue weighted by Crippen LogP contribution is 2.28. The second-order valence-electron chi connectivity index (χ2n) is 11.7. The Morgan fingerprint density at radius 1 is 1.00 bits per heavy atom. The van der Waals surface area contributed by atoms with Gasteiger partial charge in [0.25, 0.3) is 0 Å². The Bertz CT molecular complexity index is 1090. The molecule has 0 spiro atoms. The van der Waals surface area contributed by atoms with Crippen molar-refractivity contribution in [1.82, 2.24) is 15.5 Å². The van der Waals surface area contributed by atoms with Gasteiger partial charge in [0.2, 0.25) is 11.8 Å². The predicted molar refractivity (Wildman–Crippen MR) is 156 cm³/mol. The molecule has 7 nitrogen and oxygen atoms in total. The lowest BCUT2D eigenvalue weighted by Gasteiger charge is -2.35. The number of amides is 3. The molecule has 7 heteroatoms. The molecule has 0 radical (unpaired) electrons. The van der Waals surface area contributed by atoms with Gasteiger partial charge in [-0.05, 0) is 70.1 Å². The first-order valence-electron chi connectivity index (χ1n) is 14.0. The molecule has 0 saturated heterocycles. The Labute approximate surface area is 234 Å². The van der Waals surface area contributed by atoms with Crippen molar-refractivity contribution >= 4 is 17.9 Å². The van der Waals surface area contributed by atoms with Crippen molar-refractivity contribution in [3.63, 3.8) is 0 Å². The van der Waals surface area contributed by atoms with E-state index in [0.29, 0.717) is 19.5 Å². The molecule has 2 aromatic rings. The van der Waals surface area contributed by atoms with Crippen LogP contribution in [-0.2, 0) is 20.9 Å². The summed E-state index contributed by atoms with van der Waals surface area (Å²) in [6.45, 7) is 16.1. The number of carbonyl (C=O) groups is 3. The summed E-state index contributed by atoms with van der Waals surface area (Å²) in [5, 5.41) is 5.86. The molecule has 0 aliphatic carbocycles. The van der Waals surface area contributed by atoms with Crippen LogP contribution >= 0.6 is 0 Å². The van der Waals surface area contributed by atoms with Crippen molar-refractivity contribution < 1.29 is 19.1 Å². The van der Waals surface area contributed by atoms with Crippen molar-refractivity contribution in [2.75, 3.05) is 6.54 Å². The SMILES string of the molecule is CCCCN(C(=O)C(CC(C)C)NC(=O)OC(C)(C)C)C(C(=O)NCc1ccccc1)c1ccc(C)cc1C. The van der Waals surface area contributed by atoms with E-state index in [-0.39, 0.29) is 17.7 Å². The summed E-state index contributed by atoms with van der Waals surface area (Å²) in [5.41, 5.74) is 3.06. The minimum atomic E-state index is -0.844. The first kappa shape index (κ1) is 31.9. The largest absolute Gasteiger partial charge is 0.444 e. The zero-order valence-electron chi connectivity index (χ0n) is 25.0. The highest BCUT2D eigenvalue weighted by atomic mass is 16.6. The van der Waals surface area contributed by atoms with E-state index in [1.165, 1.54) is 0 Å². The van der Waals surface area contributed by atoms with Crippen LogP contribution in [0.25, 0.3) is 0 Å². The fraction of sp³-hybridized carbons (Fsp3) is 0.531. The van der Waals surface area contributed by atoms with Crippen LogP contribution in [0.4, 0.5) is 4.79 Å². The number of hydrogen-bond acceptors (Lipinski definition) is 4. The van der Waals surface area contributed by atoms with E-state index in [1.54, 1.807) is 25.7 Å². The smallest absolute Gasteiger partial charge is 0.408 e. The summed E-state index contributed by atoms with van der Waals surface area (Å²) in [4.78, 5) is 42.5. The Balaban J connectivity index is 2.50. The third-order valence-electron chi connectivity index (χ3n) is 6.32. The molecule has 3 amide bonds. The van der Waals surface area contributed by atoms with Gasteiger partial charge in [0.1, 0.15) is 17.7 Å². The van der Waals surface area contributed by atoms with Gasteiger partial charge in [-0.15, -0.1) is 0 Å². The van der Waals surface area contributed by atoms with E-state index in [4.69, 9.17) is 4.74 Å². The number of nitrogens with zero attached hydrogens (tertiary/aromatic N) is 1. The number of ether oxygens (including phenoxy) is 1. The average molecular weight is 538 g/mol. The topological polar surface area (TPSA) is 87.7 Å². The fourth-order valence-electron chi connectivity index (χ4n) is 4.50. The molecule has 2 atom stereocenters. The maximum Gasteiger partial charge on any atom is 0.408 e. The van der Waals surface area contributed by atoms with Crippen molar-refractivity contribution in [3.05, 3.63) is 70.8 Å². The van der Waals surface area contributed by atoms with Gasteiger partial charge in [-0.25, -0.2) is 4.79 Å². The van der Waals surface area contributed by atoms with Crippen LogP contribution in [-0.4, -0.2) is 41.0 Å². The van der Waals surface area contributed by atoms with Crippen molar-refractivity contribution in [2.45, 2.75) is 98.9 Å². The maximum atomic E-state index is 14.2. The molecule has 0 aliphatic rings. The molecule has 2 N–H and O–H groups in total. The second kappa shape index (κ2) is 14.7. The monoisotopic (exact) mass is 537 g/mol. The molecule has 0 aromatic heterocycles. The first-order valence-corrected chi connectivity index (χ1v) is 14.0. The summed E-state index contributed by atoms with van der Waals surface area (Å²) in [7, 11) is 0. The second-order valence-corrected chi connectivity index (χ2v) is 11.7.